The quantitative estimate of drug-likeness (QED) is 0.260. The summed E-state index contributed by atoms with van der Waals surface area (Å²) in [6.07, 6.45) is 20.8. The second-order valence-electron chi connectivity index (χ2n) is 6.62. The third kappa shape index (κ3) is 19.1. The first-order valence-electron chi connectivity index (χ1n) is 9.71. The number of aliphatic carboxylic acids is 1. The molecule has 0 unspecified atom stereocenters. The van der Waals surface area contributed by atoms with Gasteiger partial charge >= 0.3 is 5.97 Å². The van der Waals surface area contributed by atoms with Gasteiger partial charge in [-0.25, -0.2) is 0 Å². The number of hydrogen-bond donors (Lipinski definition) is 2. The summed E-state index contributed by atoms with van der Waals surface area (Å²) in [5, 5.41) is 18.0. The maximum Gasteiger partial charge on any atom is 0.305 e. The van der Waals surface area contributed by atoms with Gasteiger partial charge in [-0.1, -0.05) is 76.9 Å². The molecule has 0 aliphatic rings. The predicted octanol–water partition coefficient (Wildman–Crippen LogP) is 5.86. The average molecular weight is 327 g/mol. The molecule has 0 aromatic carbocycles. The van der Waals surface area contributed by atoms with Gasteiger partial charge in [-0.3, -0.25) is 4.79 Å². The molecule has 0 saturated carbocycles. The Morgan fingerprint density at radius 2 is 1.30 bits per heavy atom. The van der Waals surface area contributed by atoms with Crippen molar-refractivity contribution in [3.05, 3.63) is 12.2 Å². The molecule has 0 heterocycles. The first-order valence-corrected chi connectivity index (χ1v) is 9.71. The van der Waals surface area contributed by atoms with Crippen molar-refractivity contribution in [3.8, 4) is 0 Å². The molecule has 0 bridgehead atoms. The van der Waals surface area contributed by atoms with Crippen LogP contribution in [-0.2, 0) is 4.79 Å². The Balaban J connectivity index is 3.17. The normalized spacial score (nSPS) is 12.8. The first kappa shape index (κ1) is 22.2. The van der Waals surface area contributed by atoms with E-state index in [1.807, 2.05) is 0 Å². The lowest BCUT2D eigenvalue weighted by Gasteiger charge is -2.06. The summed E-state index contributed by atoms with van der Waals surface area (Å²) in [7, 11) is 0. The molecule has 0 amide bonds. The third-order valence-corrected chi connectivity index (χ3v) is 4.21. The summed E-state index contributed by atoms with van der Waals surface area (Å²) < 4.78 is 0. The van der Waals surface area contributed by atoms with Crippen LogP contribution in [-0.4, -0.2) is 22.3 Å². The van der Waals surface area contributed by atoms with E-state index >= 15 is 0 Å². The van der Waals surface area contributed by atoms with Gasteiger partial charge in [-0.05, 0) is 32.1 Å². The number of carboxylic acid groups (broad SMARTS) is 1. The number of rotatable bonds is 17. The number of carboxylic acids is 1. The van der Waals surface area contributed by atoms with Gasteiger partial charge in [-0.15, -0.1) is 0 Å². The molecule has 136 valence electrons. The van der Waals surface area contributed by atoms with Gasteiger partial charge < -0.3 is 10.2 Å². The average Bonchev–Trinajstić information content (AvgIpc) is 2.50. The zero-order valence-electron chi connectivity index (χ0n) is 15.1. The van der Waals surface area contributed by atoms with Gasteiger partial charge in [0.25, 0.3) is 0 Å². The van der Waals surface area contributed by atoms with Crippen LogP contribution in [0.3, 0.4) is 0 Å². The molecule has 3 heteroatoms. The molecular weight excluding hydrogens is 288 g/mol. The van der Waals surface area contributed by atoms with Crippen LogP contribution in [0.1, 0.15) is 103 Å². The monoisotopic (exact) mass is 326 g/mol. The second-order valence-corrected chi connectivity index (χ2v) is 6.62. The highest BCUT2D eigenvalue weighted by molar-refractivity contribution is 5.67. The van der Waals surface area contributed by atoms with Gasteiger partial charge in [-0.2, -0.15) is 0 Å². The number of allylic oxidation sites excluding steroid dienone is 2. The molecule has 2 N–H and O–H groups in total. The minimum Gasteiger partial charge on any atom is -0.481 e. The van der Waals surface area contributed by atoms with E-state index in [0.717, 1.165) is 12.8 Å². The van der Waals surface area contributed by atoms with Crippen LogP contribution in [0.5, 0.6) is 0 Å². The molecule has 0 fully saturated rings. The molecule has 0 aromatic rings. The van der Waals surface area contributed by atoms with E-state index in [4.69, 9.17) is 5.11 Å². The SMILES string of the molecule is CCCCCCCC/C=C\CCCCCCC[C@@H](O)CC(=O)O. The summed E-state index contributed by atoms with van der Waals surface area (Å²) in [5.41, 5.74) is 0. The van der Waals surface area contributed by atoms with Crippen molar-refractivity contribution < 1.29 is 15.0 Å². The highest BCUT2D eigenvalue weighted by Gasteiger charge is 2.08. The maximum atomic E-state index is 10.4. The second kappa shape index (κ2) is 17.5. The van der Waals surface area contributed by atoms with E-state index in [1.54, 1.807) is 0 Å². The molecule has 0 aromatic heterocycles. The number of carbonyl (C=O) groups is 1. The molecule has 0 spiro atoms. The van der Waals surface area contributed by atoms with E-state index in [9.17, 15) is 9.90 Å². The molecular formula is C20H38O3. The zero-order chi connectivity index (χ0) is 17.2. The Bertz CT molecular complexity index is 287. The summed E-state index contributed by atoms with van der Waals surface area (Å²) >= 11 is 0. The van der Waals surface area contributed by atoms with Gasteiger partial charge in [0, 0.05) is 0 Å². The fourth-order valence-corrected chi connectivity index (χ4v) is 2.75. The number of aliphatic hydroxyl groups excluding tert-OH is 1. The van der Waals surface area contributed by atoms with Gasteiger partial charge in [0.2, 0.25) is 0 Å². The number of aliphatic hydroxyl groups is 1. The fraction of sp³-hybridized carbons (Fsp3) is 0.850. The van der Waals surface area contributed by atoms with Gasteiger partial charge in [0.15, 0.2) is 0 Å². The molecule has 3 nitrogen and oxygen atoms in total. The maximum absolute atomic E-state index is 10.4. The lowest BCUT2D eigenvalue weighted by Crippen LogP contribution is -2.12. The summed E-state index contributed by atoms with van der Waals surface area (Å²) in [6.45, 7) is 2.26. The van der Waals surface area contributed by atoms with Crippen molar-refractivity contribution in [3.63, 3.8) is 0 Å². The van der Waals surface area contributed by atoms with Crippen molar-refractivity contribution >= 4 is 5.97 Å². The molecule has 0 rings (SSSR count). The zero-order valence-corrected chi connectivity index (χ0v) is 15.1. The Morgan fingerprint density at radius 3 is 1.83 bits per heavy atom. The van der Waals surface area contributed by atoms with Crippen LogP contribution in [0.4, 0.5) is 0 Å². The minimum absolute atomic E-state index is 0.122. The molecule has 0 aliphatic carbocycles. The largest absolute Gasteiger partial charge is 0.481 e. The lowest BCUT2D eigenvalue weighted by molar-refractivity contribution is -0.139. The summed E-state index contributed by atoms with van der Waals surface area (Å²) in [5.74, 6) is -0.912. The van der Waals surface area contributed by atoms with Gasteiger partial charge in [0.05, 0.1) is 12.5 Å². The van der Waals surface area contributed by atoms with Crippen molar-refractivity contribution in [1.82, 2.24) is 0 Å². The van der Waals surface area contributed by atoms with E-state index in [2.05, 4.69) is 19.1 Å². The molecule has 0 aliphatic heterocycles. The first-order chi connectivity index (χ1) is 11.2. The standard InChI is InChI=1S/C20H38O3/c1-2-3-4-5-6-7-8-9-10-11-12-13-14-15-16-17-19(21)18-20(22)23/h9-10,19,21H,2-8,11-18H2,1H3,(H,22,23)/b10-9-/t19-/m1/s1. The third-order valence-electron chi connectivity index (χ3n) is 4.21. The van der Waals surface area contributed by atoms with Crippen molar-refractivity contribution in [1.29, 1.82) is 0 Å². The number of unbranched alkanes of at least 4 members (excludes halogenated alkanes) is 11. The van der Waals surface area contributed by atoms with Crippen molar-refractivity contribution in [2.45, 2.75) is 109 Å². The van der Waals surface area contributed by atoms with Crippen LogP contribution >= 0.6 is 0 Å². The van der Waals surface area contributed by atoms with E-state index in [0.29, 0.717) is 6.42 Å². The topological polar surface area (TPSA) is 57.5 Å². The highest BCUT2D eigenvalue weighted by Crippen LogP contribution is 2.11. The Labute approximate surface area is 143 Å². The Hall–Kier alpha value is -0.830. The highest BCUT2D eigenvalue weighted by atomic mass is 16.4. The van der Waals surface area contributed by atoms with Crippen molar-refractivity contribution in [2.75, 3.05) is 0 Å². The Morgan fingerprint density at radius 1 is 0.826 bits per heavy atom. The number of hydrogen-bond acceptors (Lipinski definition) is 2. The lowest BCUT2D eigenvalue weighted by atomic mass is 10.1. The van der Waals surface area contributed by atoms with Gasteiger partial charge in [0.1, 0.15) is 0 Å². The fourth-order valence-electron chi connectivity index (χ4n) is 2.75. The molecule has 23 heavy (non-hydrogen) atoms. The summed E-state index contributed by atoms with van der Waals surface area (Å²) in [4.78, 5) is 10.4. The van der Waals surface area contributed by atoms with Crippen LogP contribution in [0.15, 0.2) is 12.2 Å². The van der Waals surface area contributed by atoms with E-state index in [1.165, 1.54) is 70.6 Å². The molecule has 0 saturated heterocycles. The van der Waals surface area contributed by atoms with Crippen LogP contribution < -0.4 is 0 Å². The van der Waals surface area contributed by atoms with Crippen LogP contribution in [0, 0.1) is 0 Å². The van der Waals surface area contributed by atoms with E-state index in [-0.39, 0.29) is 6.42 Å². The van der Waals surface area contributed by atoms with Crippen LogP contribution in [0.2, 0.25) is 0 Å². The summed E-state index contributed by atoms with van der Waals surface area (Å²) in [6, 6.07) is 0. The predicted molar refractivity (Wildman–Crippen MR) is 97.7 cm³/mol. The Kier molecular flexibility index (Phi) is 16.9. The van der Waals surface area contributed by atoms with Crippen LogP contribution in [0.25, 0.3) is 0 Å². The van der Waals surface area contributed by atoms with E-state index < -0.39 is 12.1 Å². The van der Waals surface area contributed by atoms with Crippen molar-refractivity contribution in [2.24, 2.45) is 0 Å². The smallest absolute Gasteiger partial charge is 0.305 e. The molecule has 0 radical (unpaired) electrons. The molecule has 1 atom stereocenters. The minimum atomic E-state index is -0.912.